The molecule has 27 heavy (non-hydrogen) atoms. The summed E-state index contributed by atoms with van der Waals surface area (Å²) in [6.07, 6.45) is 3.09. The average Bonchev–Trinajstić information content (AvgIpc) is 2.63. The third-order valence-corrected chi connectivity index (χ3v) is 6.91. The van der Waals surface area contributed by atoms with E-state index in [1.807, 2.05) is 20.8 Å². The van der Waals surface area contributed by atoms with E-state index in [4.69, 9.17) is 4.74 Å². The number of nitrogens with one attached hydrogen (secondary N) is 1. The normalized spacial score (nSPS) is 17.5. The van der Waals surface area contributed by atoms with Crippen LogP contribution in [0.5, 0.6) is 5.75 Å². The molecular weight excluding hydrogens is 364 g/mol. The summed E-state index contributed by atoms with van der Waals surface area (Å²) in [5.74, 6) is 0.635. The van der Waals surface area contributed by atoms with Crippen molar-refractivity contribution in [1.82, 2.24) is 9.62 Å². The monoisotopic (exact) mass is 396 g/mol. The van der Waals surface area contributed by atoms with Crippen molar-refractivity contribution in [2.24, 2.45) is 5.92 Å². The molecule has 0 aromatic heterocycles. The van der Waals surface area contributed by atoms with Crippen LogP contribution < -0.4 is 10.1 Å². The highest BCUT2D eigenvalue weighted by atomic mass is 32.2. The minimum absolute atomic E-state index is 0.0462. The standard InChI is InChI=1S/C20H32N2O4S/c1-5-7-16(4)21-20(23)17-10-12-22(13-11-17)27(24,25)18-8-9-19(26-6-2)15(3)14-18/h8-9,14,16-17H,5-7,10-13H2,1-4H3,(H,21,23)/t16-/m1/s1. The first-order valence-corrected chi connectivity index (χ1v) is 11.3. The molecule has 0 bridgehead atoms. The first kappa shape index (κ1) is 21.7. The highest BCUT2D eigenvalue weighted by Gasteiger charge is 2.32. The topological polar surface area (TPSA) is 75.7 Å². The van der Waals surface area contributed by atoms with Crippen molar-refractivity contribution >= 4 is 15.9 Å². The van der Waals surface area contributed by atoms with Gasteiger partial charge in [0.1, 0.15) is 5.75 Å². The molecule has 1 saturated heterocycles. The maximum Gasteiger partial charge on any atom is 0.243 e. The first-order chi connectivity index (χ1) is 12.8. The lowest BCUT2D eigenvalue weighted by Crippen LogP contribution is -2.44. The molecule has 152 valence electrons. The minimum atomic E-state index is -3.55. The Balaban J connectivity index is 2.00. The fraction of sp³-hybridized carbons (Fsp3) is 0.650. The van der Waals surface area contributed by atoms with E-state index in [1.165, 1.54) is 4.31 Å². The van der Waals surface area contributed by atoms with E-state index in [0.717, 1.165) is 18.4 Å². The summed E-state index contributed by atoms with van der Waals surface area (Å²) in [7, 11) is -3.55. The van der Waals surface area contributed by atoms with Gasteiger partial charge in [0.2, 0.25) is 15.9 Å². The minimum Gasteiger partial charge on any atom is -0.494 e. The Hall–Kier alpha value is -1.60. The number of carbonyl (C=O) groups is 1. The Morgan fingerprint density at radius 2 is 1.96 bits per heavy atom. The van der Waals surface area contributed by atoms with Gasteiger partial charge in [-0.05, 0) is 63.8 Å². The third kappa shape index (κ3) is 5.45. The molecule has 6 nitrogen and oxygen atoms in total. The van der Waals surface area contributed by atoms with Gasteiger partial charge in [-0.15, -0.1) is 0 Å². The van der Waals surface area contributed by atoms with Gasteiger partial charge < -0.3 is 10.1 Å². The van der Waals surface area contributed by atoms with Crippen molar-refractivity contribution in [3.05, 3.63) is 23.8 Å². The molecule has 0 radical (unpaired) electrons. The van der Waals surface area contributed by atoms with Crippen molar-refractivity contribution in [3.63, 3.8) is 0 Å². The lowest BCUT2D eigenvalue weighted by molar-refractivity contribution is -0.126. The van der Waals surface area contributed by atoms with Gasteiger partial charge in [0.15, 0.2) is 0 Å². The first-order valence-electron chi connectivity index (χ1n) is 9.83. The van der Waals surface area contributed by atoms with Crippen LogP contribution in [0.4, 0.5) is 0 Å². The fourth-order valence-electron chi connectivity index (χ4n) is 3.47. The number of rotatable bonds is 8. The van der Waals surface area contributed by atoms with E-state index < -0.39 is 10.0 Å². The average molecular weight is 397 g/mol. The molecule has 1 amide bonds. The Kier molecular flexibility index (Phi) is 7.68. The molecule has 1 fully saturated rings. The molecule has 1 aromatic rings. The van der Waals surface area contributed by atoms with Crippen molar-refractivity contribution < 1.29 is 17.9 Å². The maximum atomic E-state index is 12.9. The van der Waals surface area contributed by atoms with Crippen LogP contribution in [0.15, 0.2) is 23.1 Å². The zero-order valence-corrected chi connectivity index (χ0v) is 17.6. The second kappa shape index (κ2) is 9.55. The van der Waals surface area contributed by atoms with Crippen LogP contribution in [0, 0.1) is 12.8 Å². The molecule has 1 aliphatic heterocycles. The number of sulfonamides is 1. The molecular formula is C20H32N2O4S. The van der Waals surface area contributed by atoms with Crippen LogP contribution in [-0.2, 0) is 14.8 Å². The van der Waals surface area contributed by atoms with Crippen LogP contribution in [0.1, 0.15) is 52.0 Å². The quantitative estimate of drug-likeness (QED) is 0.733. The predicted molar refractivity (Wildman–Crippen MR) is 106 cm³/mol. The maximum absolute atomic E-state index is 12.9. The highest BCUT2D eigenvalue weighted by Crippen LogP contribution is 2.27. The van der Waals surface area contributed by atoms with Gasteiger partial charge in [0.05, 0.1) is 11.5 Å². The Morgan fingerprint density at radius 1 is 1.30 bits per heavy atom. The van der Waals surface area contributed by atoms with Crippen LogP contribution >= 0.6 is 0 Å². The number of aryl methyl sites for hydroxylation is 1. The van der Waals surface area contributed by atoms with E-state index in [9.17, 15) is 13.2 Å². The summed E-state index contributed by atoms with van der Waals surface area (Å²) >= 11 is 0. The number of ether oxygens (including phenoxy) is 1. The number of piperidine rings is 1. The molecule has 1 N–H and O–H groups in total. The van der Waals surface area contributed by atoms with Crippen LogP contribution in [-0.4, -0.2) is 44.4 Å². The van der Waals surface area contributed by atoms with Crippen LogP contribution in [0.2, 0.25) is 0 Å². The lowest BCUT2D eigenvalue weighted by Gasteiger charge is -2.31. The number of nitrogens with zero attached hydrogens (tertiary/aromatic N) is 1. The number of amides is 1. The molecule has 1 aromatic carbocycles. The van der Waals surface area contributed by atoms with Gasteiger partial charge in [-0.3, -0.25) is 4.79 Å². The summed E-state index contributed by atoms with van der Waals surface area (Å²) in [5, 5.41) is 3.04. The zero-order valence-electron chi connectivity index (χ0n) is 16.8. The summed E-state index contributed by atoms with van der Waals surface area (Å²) in [5.41, 5.74) is 0.803. The number of carbonyl (C=O) groups excluding carboxylic acids is 1. The van der Waals surface area contributed by atoms with E-state index in [2.05, 4.69) is 12.2 Å². The van der Waals surface area contributed by atoms with Gasteiger partial charge in [-0.1, -0.05) is 13.3 Å². The molecule has 1 heterocycles. The number of hydrogen-bond acceptors (Lipinski definition) is 4. The molecule has 1 atom stereocenters. The second-order valence-corrected chi connectivity index (χ2v) is 9.17. The Labute approximate surface area is 163 Å². The van der Waals surface area contributed by atoms with E-state index >= 15 is 0 Å². The largest absolute Gasteiger partial charge is 0.494 e. The summed E-state index contributed by atoms with van der Waals surface area (Å²) < 4.78 is 32.8. The van der Waals surface area contributed by atoms with Crippen molar-refractivity contribution in [2.45, 2.75) is 64.3 Å². The molecule has 2 rings (SSSR count). The lowest BCUT2D eigenvalue weighted by atomic mass is 9.96. The molecule has 1 aliphatic rings. The SMILES string of the molecule is CCC[C@@H](C)NC(=O)C1CCN(S(=O)(=O)c2ccc(OCC)c(C)c2)CC1. The Bertz CT molecular complexity index is 740. The van der Waals surface area contributed by atoms with Crippen molar-refractivity contribution in [1.29, 1.82) is 0 Å². The van der Waals surface area contributed by atoms with Gasteiger partial charge in [-0.2, -0.15) is 4.31 Å². The molecule has 0 aliphatic carbocycles. The summed E-state index contributed by atoms with van der Waals surface area (Å²) in [6, 6.07) is 5.13. The van der Waals surface area contributed by atoms with E-state index in [-0.39, 0.29) is 22.8 Å². The zero-order chi connectivity index (χ0) is 20.0. The number of hydrogen-bond donors (Lipinski definition) is 1. The molecule has 7 heteroatoms. The van der Waals surface area contributed by atoms with Gasteiger partial charge in [0, 0.05) is 25.0 Å². The van der Waals surface area contributed by atoms with E-state index in [1.54, 1.807) is 18.2 Å². The Morgan fingerprint density at radius 3 is 2.52 bits per heavy atom. The van der Waals surface area contributed by atoms with E-state index in [0.29, 0.717) is 38.3 Å². The van der Waals surface area contributed by atoms with Gasteiger partial charge in [-0.25, -0.2) is 8.42 Å². The molecule has 0 unspecified atom stereocenters. The van der Waals surface area contributed by atoms with Gasteiger partial charge >= 0.3 is 0 Å². The van der Waals surface area contributed by atoms with Crippen LogP contribution in [0.25, 0.3) is 0 Å². The van der Waals surface area contributed by atoms with Crippen molar-refractivity contribution in [2.75, 3.05) is 19.7 Å². The van der Waals surface area contributed by atoms with Crippen molar-refractivity contribution in [3.8, 4) is 5.75 Å². The second-order valence-electron chi connectivity index (χ2n) is 7.24. The van der Waals surface area contributed by atoms with Gasteiger partial charge in [0.25, 0.3) is 0 Å². The summed E-state index contributed by atoms with van der Waals surface area (Å²) in [6.45, 7) is 9.12. The smallest absolute Gasteiger partial charge is 0.243 e. The predicted octanol–water partition coefficient (Wildman–Crippen LogP) is 3.10. The fourth-order valence-corrected chi connectivity index (χ4v) is 5.03. The van der Waals surface area contributed by atoms with Crippen LogP contribution in [0.3, 0.4) is 0 Å². The molecule has 0 saturated carbocycles. The highest BCUT2D eigenvalue weighted by molar-refractivity contribution is 7.89. The summed E-state index contributed by atoms with van der Waals surface area (Å²) in [4.78, 5) is 12.6. The third-order valence-electron chi connectivity index (χ3n) is 5.02. The number of benzene rings is 1. The molecule has 0 spiro atoms.